The van der Waals surface area contributed by atoms with Gasteiger partial charge in [-0.2, -0.15) is 4.31 Å². The predicted molar refractivity (Wildman–Crippen MR) is 84.0 cm³/mol. The Bertz CT molecular complexity index is 579. The van der Waals surface area contributed by atoms with Crippen LogP contribution in [0.5, 0.6) is 0 Å². The Labute approximate surface area is 129 Å². The zero-order valence-corrected chi connectivity index (χ0v) is 14.1. The highest BCUT2D eigenvalue weighted by molar-refractivity contribution is 9.10. The van der Waals surface area contributed by atoms with Crippen molar-refractivity contribution in [3.05, 3.63) is 27.7 Å². The predicted octanol–water partition coefficient (Wildman–Crippen LogP) is 2.78. The highest BCUT2D eigenvalue weighted by Crippen LogP contribution is 2.30. The molecule has 0 spiro atoms. The molecule has 0 radical (unpaired) electrons. The van der Waals surface area contributed by atoms with Crippen LogP contribution in [-0.4, -0.2) is 25.8 Å². The summed E-state index contributed by atoms with van der Waals surface area (Å²) in [5, 5.41) is 0. The molecule has 0 unspecified atom stereocenters. The Morgan fingerprint density at radius 1 is 1.20 bits per heavy atom. The third-order valence-corrected chi connectivity index (χ3v) is 6.94. The summed E-state index contributed by atoms with van der Waals surface area (Å²) in [6.07, 6.45) is 4.09. The van der Waals surface area contributed by atoms with Crippen LogP contribution in [0.1, 0.15) is 36.8 Å². The topological polar surface area (TPSA) is 63.4 Å². The molecule has 1 aliphatic rings. The van der Waals surface area contributed by atoms with Gasteiger partial charge in [0.25, 0.3) is 0 Å². The first-order chi connectivity index (χ1) is 9.46. The van der Waals surface area contributed by atoms with E-state index in [-0.39, 0.29) is 0 Å². The lowest BCUT2D eigenvalue weighted by molar-refractivity contribution is 0.423. The van der Waals surface area contributed by atoms with Crippen molar-refractivity contribution in [3.63, 3.8) is 0 Å². The maximum absolute atomic E-state index is 12.8. The lowest BCUT2D eigenvalue weighted by Crippen LogP contribution is -2.32. The van der Waals surface area contributed by atoms with E-state index < -0.39 is 10.0 Å². The van der Waals surface area contributed by atoms with E-state index in [4.69, 9.17) is 5.73 Å². The van der Waals surface area contributed by atoms with Crippen LogP contribution in [0.2, 0.25) is 0 Å². The van der Waals surface area contributed by atoms with Gasteiger partial charge < -0.3 is 5.73 Å². The van der Waals surface area contributed by atoms with Crippen LogP contribution in [0.3, 0.4) is 0 Å². The maximum Gasteiger partial charge on any atom is 0.244 e. The molecular formula is C14H21BrN2O2S. The van der Waals surface area contributed by atoms with E-state index in [9.17, 15) is 8.42 Å². The molecule has 0 atom stereocenters. The average Bonchev–Trinajstić information content (AvgIpc) is 2.70. The van der Waals surface area contributed by atoms with E-state index >= 15 is 0 Å². The second-order valence-electron chi connectivity index (χ2n) is 5.25. The van der Waals surface area contributed by atoms with Crippen LogP contribution in [0.25, 0.3) is 0 Å². The van der Waals surface area contributed by atoms with Gasteiger partial charge in [0.05, 0.1) is 4.90 Å². The van der Waals surface area contributed by atoms with E-state index in [1.54, 1.807) is 10.4 Å². The van der Waals surface area contributed by atoms with Gasteiger partial charge in [-0.25, -0.2) is 8.42 Å². The van der Waals surface area contributed by atoms with Crippen molar-refractivity contribution in [2.45, 2.75) is 44.0 Å². The molecule has 20 heavy (non-hydrogen) atoms. The lowest BCUT2D eigenvalue weighted by atomic mass is 10.1. The number of nitrogens with two attached hydrogens (primary N) is 1. The minimum atomic E-state index is -3.44. The second kappa shape index (κ2) is 6.56. The number of sulfonamides is 1. The third-order valence-electron chi connectivity index (χ3n) is 3.70. The van der Waals surface area contributed by atoms with Crippen LogP contribution in [0.4, 0.5) is 0 Å². The van der Waals surface area contributed by atoms with Crippen molar-refractivity contribution < 1.29 is 8.42 Å². The minimum Gasteiger partial charge on any atom is -0.326 e. The van der Waals surface area contributed by atoms with Gasteiger partial charge in [0.15, 0.2) is 0 Å². The molecule has 1 saturated heterocycles. The first kappa shape index (κ1) is 15.9. The summed E-state index contributed by atoms with van der Waals surface area (Å²) in [6, 6.07) is 3.61. The molecule has 1 fully saturated rings. The molecule has 2 rings (SSSR count). The Morgan fingerprint density at radius 2 is 1.80 bits per heavy atom. The maximum atomic E-state index is 12.8. The summed E-state index contributed by atoms with van der Waals surface area (Å²) in [4.78, 5) is 0.347. The van der Waals surface area contributed by atoms with E-state index in [1.807, 2.05) is 13.0 Å². The largest absolute Gasteiger partial charge is 0.326 e. The van der Waals surface area contributed by atoms with Gasteiger partial charge in [-0.3, -0.25) is 0 Å². The van der Waals surface area contributed by atoms with Crippen molar-refractivity contribution in [1.29, 1.82) is 0 Å². The Hall–Kier alpha value is -0.430. The van der Waals surface area contributed by atoms with Gasteiger partial charge in [-0.05, 0) is 52.9 Å². The summed E-state index contributed by atoms with van der Waals surface area (Å²) in [6.45, 7) is 3.46. The molecule has 1 aliphatic heterocycles. The summed E-state index contributed by atoms with van der Waals surface area (Å²) < 4.78 is 27.9. The number of hydrogen-bond acceptors (Lipinski definition) is 3. The quantitative estimate of drug-likeness (QED) is 0.901. The van der Waals surface area contributed by atoms with Gasteiger partial charge in [0, 0.05) is 24.1 Å². The van der Waals surface area contributed by atoms with Crippen LogP contribution in [0.15, 0.2) is 21.5 Å². The molecule has 112 valence electrons. The molecule has 1 aromatic carbocycles. The summed E-state index contributed by atoms with van der Waals surface area (Å²) >= 11 is 3.42. The first-order valence-corrected chi connectivity index (χ1v) is 9.19. The third kappa shape index (κ3) is 3.24. The Balaban J connectivity index is 2.45. The van der Waals surface area contributed by atoms with Gasteiger partial charge in [-0.1, -0.05) is 18.9 Å². The van der Waals surface area contributed by atoms with Crippen molar-refractivity contribution in [1.82, 2.24) is 4.31 Å². The highest BCUT2D eigenvalue weighted by atomic mass is 79.9. The number of rotatable bonds is 3. The molecule has 0 aromatic heterocycles. The lowest BCUT2D eigenvalue weighted by Gasteiger charge is -2.21. The monoisotopic (exact) mass is 360 g/mol. The number of hydrogen-bond donors (Lipinski definition) is 1. The Morgan fingerprint density at radius 3 is 2.35 bits per heavy atom. The zero-order chi connectivity index (χ0) is 14.8. The molecule has 0 bridgehead atoms. The molecule has 2 N–H and O–H groups in total. The van der Waals surface area contributed by atoms with Crippen LogP contribution >= 0.6 is 15.9 Å². The summed E-state index contributed by atoms with van der Waals surface area (Å²) in [5.74, 6) is 0. The van der Waals surface area contributed by atoms with Crippen LogP contribution in [0, 0.1) is 6.92 Å². The van der Waals surface area contributed by atoms with Crippen molar-refractivity contribution in [2.75, 3.05) is 13.1 Å². The normalized spacial score (nSPS) is 17.9. The van der Waals surface area contributed by atoms with Gasteiger partial charge in [0.1, 0.15) is 0 Å². The van der Waals surface area contributed by atoms with Crippen molar-refractivity contribution >= 4 is 26.0 Å². The van der Waals surface area contributed by atoms with E-state index in [1.165, 1.54) is 0 Å². The zero-order valence-electron chi connectivity index (χ0n) is 11.7. The van der Waals surface area contributed by atoms with Gasteiger partial charge >= 0.3 is 0 Å². The second-order valence-corrected chi connectivity index (χ2v) is 7.95. The molecule has 0 amide bonds. The fourth-order valence-electron chi connectivity index (χ4n) is 2.54. The molecule has 0 saturated carbocycles. The molecule has 6 heteroatoms. The average molecular weight is 361 g/mol. The first-order valence-electron chi connectivity index (χ1n) is 6.96. The van der Waals surface area contributed by atoms with Crippen molar-refractivity contribution in [3.8, 4) is 0 Å². The number of aryl methyl sites for hydroxylation is 1. The number of halogens is 1. The molecular weight excluding hydrogens is 340 g/mol. The Kier molecular flexibility index (Phi) is 5.23. The van der Waals surface area contributed by atoms with E-state index in [2.05, 4.69) is 15.9 Å². The minimum absolute atomic E-state index is 0.344. The van der Waals surface area contributed by atoms with E-state index in [0.717, 1.165) is 36.8 Å². The fourth-order valence-corrected chi connectivity index (χ4v) is 5.08. The van der Waals surface area contributed by atoms with Crippen molar-refractivity contribution in [2.24, 2.45) is 5.73 Å². The van der Waals surface area contributed by atoms with E-state index in [0.29, 0.717) is 29.0 Å². The smallest absolute Gasteiger partial charge is 0.244 e. The SMILES string of the molecule is Cc1cc(CN)cc(S(=O)(=O)N2CCCCCC2)c1Br. The van der Waals surface area contributed by atoms with Crippen LogP contribution in [-0.2, 0) is 16.6 Å². The fraction of sp³-hybridized carbons (Fsp3) is 0.571. The highest BCUT2D eigenvalue weighted by Gasteiger charge is 2.28. The van der Waals surface area contributed by atoms with Crippen LogP contribution < -0.4 is 5.73 Å². The van der Waals surface area contributed by atoms with Gasteiger partial charge in [-0.15, -0.1) is 0 Å². The molecule has 4 nitrogen and oxygen atoms in total. The standard InChI is InChI=1S/C14H21BrN2O2S/c1-11-8-12(10-16)9-13(14(11)15)20(18,19)17-6-4-2-3-5-7-17/h8-9H,2-7,10,16H2,1H3. The summed E-state index contributed by atoms with van der Waals surface area (Å²) in [5.41, 5.74) is 7.41. The summed E-state index contributed by atoms with van der Waals surface area (Å²) in [7, 11) is -3.44. The molecule has 1 heterocycles. The van der Waals surface area contributed by atoms with Gasteiger partial charge in [0.2, 0.25) is 10.0 Å². The number of benzene rings is 1. The molecule has 1 aromatic rings. The number of nitrogens with zero attached hydrogens (tertiary/aromatic N) is 1. The molecule has 0 aliphatic carbocycles.